The molecule has 134 valence electrons. The predicted molar refractivity (Wildman–Crippen MR) is 113 cm³/mol. The molecule has 0 saturated carbocycles. The summed E-state index contributed by atoms with van der Waals surface area (Å²) < 4.78 is 5.31. The van der Waals surface area contributed by atoms with Gasteiger partial charge in [0.05, 0.1) is 12.2 Å². The van der Waals surface area contributed by atoms with Gasteiger partial charge < -0.3 is 15.0 Å². The number of aliphatic imine (C=N–C) groups is 1. The van der Waals surface area contributed by atoms with Crippen LogP contribution in [0.2, 0.25) is 0 Å². The maximum atomic E-state index is 5.31. The summed E-state index contributed by atoms with van der Waals surface area (Å²) in [6.45, 7) is 6.59. The van der Waals surface area contributed by atoms with Crippen molar-refractivity contribution >= 4 is 53.0 Å². The Labute approximate surface area is 165 Å². The van der Waals surface area contributed by atoms with Gasteiger partial charge in [-0.15, -0.1) is 35.3 Å². The molecule has 8 heteroatoms. The molecule has 0 amide bonds. The summed E-state index contributed by atoms with van der Waals surface area (Å²) in [5.41, 5.74) is 1.06. The molecule has 0 aliphatic rings. The van der Waals surface area contributed by atoms with Crippen LogP contribution in [-0.2, 0) is 11.3 Å². The molecule has 0 aromatic carbocycles. The lowest BCUT2D eigenvalue weighted by Gasteiger charge is -2.21. The smallest absolute Gasteiger partial charge is 0.194 e. The SMILES string of the molecule is CCNC(=NCCCSC)N(C)Cc1csc(C(C)OC)n1.I. The molecule has 0 radical (unpaired) electrons. The van der Waals surface area contributed by atoms with Crippen LogP contribution in [0.4, 0.5) is 0 Å². The topological polar surface area (TPSA) is 49.8 Å². The number of thiazole rings is 1. The molecule has 1 unspecified atom stereocenters. The maximum absolute atomic E-state index is 5.31. The number of guanidine groups is 1. The Balaban J connectivity index is 0.00000484. The van der Waals surface area contributed by atoms with Crippen LogP contribution in [0.25, 0.3) is 0 Å². The van der Waals surface area contributed by atoms with Gasteiger partial charge in [-0.25, -0.2) is 4.98 Å². The highest BCUT2D eigenvalue weighted by Gasteiger charge is 2.12. The molecular formula is C15H29IN4OS2. The zero-order valence-corrected chi connectivity index (χ0v) is 18.6. The van der Waals surface area contributed by atoms with E-state index in [-0.39, 0.29) is 30.1 Å². The van der Waals surface area contributed by atoms with Crippen molar-refractivity contribution in [2.75, 3.05) is 39.3 Å². The van der Waals surface area contributed by atoms with Gasteiger partial charge in [-0.2, -0.15) is 11.8 Å². The van der Waals surface area contributed by atoms with Gasteiger partial charge in [0.15, 0.2) is 5.96 Å². The first-order chi connectivity index (χ1) is 10.6. The summed E-state index contributed by atoms with van der Waals surface area (Å²) in [4.78, 5) is 11.4. The first-order valence-corrected chi connectivity index (χ1v) is 9.85. The zero-order valence-electron chi connectivity index (χ0n) is 14.7. The van der Waals surface area contributed by atoms with E-state index in [1.54, 1.807) is 18.4 Å². The molecule has 23 heavy (non-hydrogen) atoms. The number of hydrogen-bond donors (Lipinski definition) is 1. The minimum Gasteiger partial charge on any atom is -0.375 e. The average Bonchev–Trinajstić information content (AvgIpc) is 2.98. The van der Waals surface area contributed by atoms with E-state index in [0.29, 0.717) is 0 Å². The van der Waals surface area contributed by atoms with E-state index in [4.69, 9.17) is 4.74 Å². The summed E-state index contributed by atoms with van der Waals surface area (Å²) in [7, 11) is 3.76. The summed E-state index contributed by atoms with van der Waals surface area (Å²) in [6, 6.07) is 0. The van der Waals surface area contributed by atoms with Gasteiger partial charge in [-0.05, 0) is 32.3 Å². The number of hydrogen-bond acceptors (Lipinski definition) is 5. The Kier molecular flexibility index (Phi) is 13.2. The normalized spacial score (nSPS) is 12.7. The third-order valence-electron chi connectivity index (χ3n) is 3.13. The fraction of sp³-hybridized carbons (Fsp3) is 0.733. The van der Waals surface area contributed by atoms with Crippen molar-refractivity contribution in [2.45, 2.75) is 32.9 Å². The Morgan fingerprint density at radius 1 is 1.57 bits per heavy atom. The molecule has 1 heterocycles. The van der Waals surface area contributed by atoms with E-state index in [9.17, 15) is 0 Å². The molecular weight excluding hydrogens is 443 g/mol. The lowest BCUT2D eigenvalue weighted by Crippen LogP contribution is -2.38. The lowest BCUT2D eigenvalue weighted by molar-refractivity contribution is 0.119. The molecule has 1 aromatic heterocycles. The molecule has 0 aliphatic carbocycles. The molecule has 1 atom stereocenters. The van der Waals surface area contributed by atoms with Gasteiger partial charge in [0.2, 0.25) is 0 Å². The third kappa shape index (κ3) is 8.55. The number of methoxy groups -OCH3 is 1. The van der Waals surface area contributed by atoms with Crippen LogP contribution in [0.5, 0.6) is 0 Å². The Morgan fingerprint density at radius 3 is 2.91 bits per heavy atom. The van der Waals surface area contributed by atoms with Gasteiger partial charge in [-0.1, -0.05) is 0 Å². The molecule has 0 bridgehead atoms. The largest absolute Gasteiger partial charge is 0.375 e. The number of nitrogens with one attached hydrogen (secondary N) is 1. The standard InChI is InChI=1S/C15H28N4OS2.HI/c1-6-16-15(17-8-7-9-21-5)19(3)10-13-11-22-14(18-13)12(2)20-4;/h11-12H,6-10H2,1-5H3,(H,16,17);1H. The lowest BCUT2D eigenvalue weighted by atomic mass is 10.4. The highest BCUT2D eigenvalue weighted by molar-refractivity contribution is 14.0. The van der Waals surface area contributed by atoms with Crippen LogP contribution in [-0.4, -0.2) is 55.1 Å². The fourth-order valence-corrected chi connectivity index (χ4v) is 3.12. The van der Waals surface area contributed by atoms with Crippen molar-refractivity contribution in [1.82, 2.24) is 15.2 Å². The molecule has 1 N–H and O–H groups in total. The number of ether oxygens (including phenoxy) is 1. The predicted octanol–water partition coefficient (Wildman–Crippen LogP) is 3.62. The Morgan fingerprint density at radius 2 is 2.30 bits per heavy atom. The Hall–Kier alpha value is -0.0600. The summed E-state index contributed by atoms with van der Waals surface area (Å²) in [5, 5.41) is 6.46. The molecule has 5 nitrogen and oxygen atoms in total. The van der Waals surface area contributed by atoms with Crippen molar-refractivity contribution in [3.05, 3.63) is 16.1 Å². The van der Waals surface area contributed by atoms with E-state index in [1.165, 1.54) is 0 Å². The number of aromatic nitrogens is 1. The van der Waals surface area contributed by atoms with Crippen molar-refractivity contribution in [2.24, 2.45) is 4.99 Å². The van der Waals surface area contributed by atoms with Gasteiger partial charge in [0.25, 0.3) is 0 Å². The molecule has 1 rings (SSSR count). The second kappa shape index (κ2) is 13.3. The second-order valence-electron chi connectivity index (χ2n) is 4.99. The van der Waals surface area contributed by atoms with E-state index < -0.39 is 0 Å². The number of thioether (sulfide) groups is 1. The van der Waals surface area contributed by atoms with Gasteiger partial charge in [0.1, 0.15) is 11.1 Å². The highest BCUT2D eigenvalue weighted by Crippen LogP contribution is 2.20. The number of nitrogens with zero attached hydrogens (tertiary/aromatic N) is 3. The van der Waals surface area contributed by atoms with E-state index in [2.05, 4.69) is 45.8 Å². The summed E-state index contributed by atoms with van der Waals surface area (Å²) in [6.07, 6.45) is 3.29. The van der Waals surface area contributed by atoms with E-state index in [0.717, 1.165) is 48.5 Å². The molecule has 0 saturated heterocycles. The Bertz CT molecular complexity index is 456. The van der Waals surface area contributed by atoms with Crippen LogP contribution >= 0.6 is 47.1 Å². The van der Waals surface area contributed by atoms with Crippen molar-refractivity contribution in [1.29, 1.82) is 0 Å². The maximum Gasteiger partial charge on any atom is 0.194 e. The van der Waals surface area contributed by atoms with Crippen LogP contribution in [0, 0.1) is 0 Å². The van der Waals surface area contributed by atoms with E-state index >= 15 is 0 Å². The number of rotatable bonds is 9. The molecule has 1 aromatic rings. The van der Waals surface area contributed by atoms with E-state index in [1.807, 2.05) is 18.7 Å². The van der Waals surface area contributed by atoms with Crippen molar-refractivity contribution in [3.8, 4) is 0 Å². The monoisotopic (exact) mass is 472 g/mol. The van der Waals surface area contributed by atoms with Crippen LogP contribution in [0.1, 0.15) is 37.1 Å². The van der Waals surface area contributed by atoms with Crippen LogP contribution in [0.15, 0.2) is 10.4 Å². The molecule has 0 spiro atoms. The van der Waals surface area contributed by atoms with Crippen LogP contribution < -0.4 is 5.32 Å². The summed E-state index contributed by atoms with van der Waals surface area (Å²) >= 11 is 3.51. The minimum absolute atomic E-state index is 0. The van der Waals surface area contributed by atoms with Gasteiger partial charge in [-0.3, -0.25) is 4.99 Å². The minimum atomic E-state index is 0. The van der Waals surface area contributed by atoms with Gasteiger partial charge in [0, 0.05) is 32.6 Å². The van der Waals surface area contributed by atoms with Crippen LogP contribution in [0.3, 0.4) is 0 Å². The van der Waals surface area contributed by atoms with Crippen molar-refractivity contribution in [3.63, 3.8) is 0 Å². The first kappa shape index (κ1) is 22.9. The number of halogens is 1. The molecule has 0 fully saturated rings. The average molecular weight is 472 g/mol. The zero-order chi connectivity index (χ0) is 16.4. The third-order valence-corrected chi connectivity index (χ3v) is 4.89. The highest BCUT2D eigenvalue weighted by atomic mass is 127. The first-order valence-electron chi connectivity index (χ1n) is 7.57. The quantitative estimate of drug-likeness (QED) is 0.258. The van der Waals surface area contributed by atoms with Gasteiger partial charge >= 0.3 is 0 Å². The molecule has 0 aliphatic heterocycles. The summed E-state index contributed by atoms with van der Waals surface area (Å²) in [5.74, 6) is 2.09. The second-order valence-corrected chi connectivity index (χ2v) is 6.87. The fourth-order valence-electron chi connectivity index (χ4n) is 1.86. The van der Waals surface area contributed by atoms with Crippen molar-refractivity contribution < 1.29 is 4.74 Å².